The fourth-order valence-electron chi connectivity index (χ4n) is 1.12. The Kier molecular flexibility index (Phi) is 1.99. The van der Waals surface area contributed by atoms with Crippen LogP contribution >= 0.6 is 0 Å². The maximum atomic E-state index is 3.95. The third-order valence-electron chi connectivity index (χ3n) is 1.78. The molecule has 0 atom stereocenters. The molecule has 1 aliphatic rings. The Balaban J connectivity index is 2.99. The van der Waals surface area contributed by atoms with Crippen LogP contribution < -0.4 is 0 Å². The van der Waals surface area contributed by atoms with Crippen LogP contribution in [0.25, 0.3) is 0 Å². The highest BCUT2D eigenvalue weighted by atomic mass is 15.1. The summed E-state index contributed by atoms with van der Waals surface area (Å²) < 4.78 is 0. The van der Waals surface area contributed by atoms with Crippen LogP contribution in [0.1, 0.15) is 6.92 Å². The molecular formula is C10H13N. The second kappa shape index (κ2) is 2.79. The summed E-state index contributed by atoms with van der Waals surface area (Å²) in [6.07, 6.45) is 5.90. The van der Waals surface area contributed by atoms with Gasteiger partial charge in [0, 0.05) is 19.4 Å². The molecule has 0 radical (unpaired) electrons. The molecule has 0 saturated carbocycles. The largest absolute Gasteiger partial charge is 0.356 e. The van der Waals surface area contributed by atoms with Crippen molar-refractivity contribution in [2.75, 3.05) is 7.05 Å². The van der Waals surface area contributed by atoms with Crippen molar-refractivity contribution < 1.29 is 0 Å². The summed E-state index contributed by atoms with van der Waals surface area (Å²) in [6.45, 7) is 9.72. The number of rotatable bonds is 1. The second-order valence-electron chi connectivity index (χ2n) is 2.74. The molecule has 0 aromatic heterocycles. The van der Waals surface area contributed by atoms with E-state index >= 15 is 0 Å². The van der Waals surface area contributed by atoms with E-state index in [9.17, 15) is 0 Å². The Hall–Kier alpha value is -1.24. The van der Waals surface area contributed by atoms with Crippen molar-refractivity contribution in [3.8, 4) is 0 Å². The van der Waals surface area contributed by atoms with Gasteiger partial charge in [0.25, 0.3) is 0 Å². The quantitative estimate of drug-likeness (QED) is 0.550. The van der Waals surface area contributed by atoms with E-state index in [2.05, 4.69) is 26.3 Å². The summed E-state index contributed by atoms with van der Waals surface area (Å²) in [6, 6.07) is 0. The summed E-state index contributed by atoms with van der Waals surface area (Å²) in [5.74, 6) is 0. The monoisotopic (exact) mass is 147 g/mol. The molecule has 58 valence electrons. The predicted octanol–water partition coefficient (Wildman–Crippen LogP) is 2.46. The number of hydrogen-bond donors (Lipinski definition) is 0. The van der Waals surface area contributed by atoms with Crippen LogP contribution in [0, 0.1) is 0 Å². The minimum Gasteiger partial charge on any atom is -0.356 e. The van der Waals surface area contributed by atoms with Gasteiger partial charge in [0.2, 0.25) is 0 Å². The molecule has 0 spiro atoms. The highest BCUT2D eigenvalue weighted by Crippen LogP contribution is 2.22. The van der Waals surface area contributed by atoms with Gasteiger partial charge in [-0.05, 0) is 23.6 Å². The number of nitrogens with zero attached hydrogens (tertiary/aromatic N) is 1. The van der Waals surface area contributed by atoms with E-state index in [1.54, 1.807) is 0 Å². The third-order valence-corrected chi connectivity index (χ3v) is 1.78. The average molecular weight is 147 g/mol. The molecule has 0 aromatic rings. The van der Waals surface area contributed by atoms with Crippen LogP contribution in [-0.4, -0.2) is 11.9 Å². The molecule has 1 rings (SSSR count). The Morgan fingerprint density at radius 1 is 1.45 bits per heavy atom. The van der Waals surface area contributed by atoms with Gasteiger partial charge in [-0.1, -0.05) is 19.2 Å². The zero-order chi connectivity index (χ0) is 8.43. The van der Waals surface area contributed by atoms with Crippen molar-refractivity contribution >= 4 is 0 Å². The van der Waals surface area contributed by atoms with Crippen LogP contribution in [-0.2, 0) is 0 Å². The van der Waals surface area contributed by atoms with Crippen molar-refractivity contribution in [1.82, 2.24) is 4.90 Å². The summed E-state index contributed by atoms with van der Waals surface area (Å²) in [5, 5.41) is 0. The summed E-state index contributed by atoms with van der Waals surface area (Å²) >= 11 is 0. The lowest BCUT2D eigenvalue weighted by Gasteiger charge is -2.20. The molecular weight excluding hydrogens is 134 g/mol. The topological polar surface area (TPSA) is 3.24 Å². The van der Waals surface area contributed by atoms with Gasteiger partial charge in [-0.3, -0.25) is 0 Å². The van der Waals surface area contributed by atoms with Crippen molar-refractivity contribution in [1.29, 1.82) is 0 Å². The highest BCUT2D eigenvalue weighted by Gasteiger charge is 2.07. The minimum atomic E-state index is 1.07. The SMILES string of the molecule is C=CC1=CN(C)C=C(C)C1=C. The van der Waals surface area contributed by atoms with Crippen LogP contribution in [0.15, 0.2) is 48.4 Å². The number of allylic oxidation sites excluding steroid dienone is 4. The lowest BCUT2D eigenvalue weighted by Crippen LogP contribution is -2.09. The van der Waals surface area contributed by atoms with E-state index < -0.39 is 0 Å². The molecule has 11 heavy (non-hydrogen) atoms. The lowest BCUT2D eigenvalue weighted by atomic mass is 10.00. The molecule has 1 aliphatic heterocycles. The summed E-state index contributed by atoms with van der Waals surface area (Å²) in [4.78, 5) is 2.01. The average Bonchev–Trinajstić information content (AvgIpc) is 1.96. The molecule has 0 aliphatic carbocycles. The van der Waals surface area contributed by atoms with Crippen molar-refractivity contribution in [2.45, 2.75) is 6.92 Å². The fraction of sp³-hybridized carbons (Fsp3) is 0.200. The van der Waals surface area contributed by atoms with E-state index in [1.165, 1.54) is 5.57 Å². The van der Waals surface area contributed by atoms with E-state index in [0.29, 0.717) is 0 Å². The minimum absolute atomic E-state index is 1.07. The van der Waals surface area contributed by atoms with E-state index in [1.807, 2.05) is 24.2 Å². The fourth-order valence-corrected chi connectivity index (χ4v) is 1.12. The molecule has 0 amide bonds. The van der Waals surface area contributed by atoms with Gasteiger partial charge in [0.1, 0.15) is 0 Å². The van der Waals surface area contributed by atoms with Gasteiger partial charge in [-0.25, -0.2) is 0 Å². The summed E-state index contributed by atoms with van der Waals surface area (Å²) in [7, 11) is 2.00. The van der Waals surface area contributed by atoms with Crippen LogP contribution in [0.5, 0.6) is 0 Å². The van der Waals surface area contributed by atoms with E-state index in [-0.39, 0.29) is 0 Å². The molecule has 0 unspecified atom stereocenters. The lowest BCUT2D eigenvalue weighted by molar-refractivity contribution is 0.609. The standard InChI is InChI=1S/C10H13N/c1-5-10-7-11(4)6-8(2)9(10)3/h5-7H,1,3H2,2,4H3. The normalized spacial score (nSPS) is 17.6. The molecule has 0 aromatic carbocycles. The van der Waals surface area contributed by atoms with Gasteiger partial charge in [0.15, 0.2) is 0 Å². The Morgan fingerprint density at radius 2 is 2.09 bits per heavy atom. The molecule has 1 heterocycles. The number of hydrogen-bond acceptors (Lipinski definition) is 1. The molecule has 0 N–H and O–H groups in total. The van der Waals surface area contributed by atoms with Crippen LogP contribution in [0.3, 0.4) is 0 Å². The third kappa shape index (κ3) is 1.43. The Morgan fingerprint density at radius 3 is 2.64 bits per heavy atom. The van der Waals surface area contributed by atoms with Crippen LogP contribution in [0.2, 0.25) is 0 Å². The Labute approximate surface area is 68.0 Å². The van der Waals surface area contributed by atoms with E-state index in [0.717, 1.165) is 11.1 Å². The molecule has 1 nitrogen and oxygen atoms in total. The van der Waals surface area contributed by atoms with Crippen molar-refractivity contribution in [3.63, 3.8) is 0 Å². The maximum absolute atomic E-state index is 3.95. The van der Waals surface area contributed by atoms with Gasteiger partial charge in [-0.15, -0.1) is 0 Å². The zero-order valence-electron chi connectivity index (χ0n) is 7.09. The zero-order valence-corrected chi connectivity index (χ0v) is 7.09. The predicted molar refractivity (Wildman–Crippen MR) is 48.9 cm³/mol. The molecule has 0 fully saturated rings. The van der Waals surface area contributed by atoms with Crippen molar-refractivity contribution in [2.24, 2.45) is 0 Å². The van der Waals surface area contributed by atoms with E-state index in [4.69, 9.17) is 0 Å². The maximum Gasteiger partial charge on any atom is 0.0110 e. The van der Waals surface area contributed by atoms with Gasteiger partial charge >= 0.3 is 0 Å². The first-order valence-electron chi connectivity index (χ1n) is 3.59. The van der Waals surface area contributed by atoms with Gasteiger partial charge < -0.3 is 4.90 Å². The Bertz CT molecular complexity index is 256. The highest BCUT2D eigenvalue weighted by molar-refractivity contribution is 5.50. The first-order valence-corrected chi connectivity index (χ1v) is 3.59. The second-order valence-corrected chi connectivity index (χ2v) is 2.74. The first-order chi connectivity index (χ1) is 5.15. The smallest absolute Gasteiger partial charge is 0.0110 e. The summed E-state index contributed by atoms with van der Waals surface area (Å²) in [5.41, 5.74) is 3.37. The van der Waals surface area contributed by atoms with Gasteiger partial charge in [-0.2, -0.15) is 0 Å². The van der Waals surface area contributed by atoms with Crippen LogP contribution in [0.4, 0.5) is 0 Å². The molecule has 0 bridgehead atoms. The molecule has 0 saturated heterocycles. The van der Waals surface area contributed by atoms with Gasteiger partial charge in [0.05, 0.1) is 0 Å². The first kappa shape index (κ1) is 7.86. The van der Waals surface area contributed by atoms with Crippen molar-refractivity contribution in [3.05, 3.63) is 48.4 Å². The molecule has 1 heteroatoms.